The fourth-order valence-corrected chi connectivity index (χ4v) is 3.24. The second-order valence-corrected chi connectivity index (χ2v) is 4.91. The summed E-state index contributed by atoms with van der Waals surface area (Å²) in [7, 11) is 0. The highest BCUT2D eigenvalue weighted by atomic mass is 16.5. The summed E-state index contributed by atoms with van der Waals surface area (Å²) in [5.41, 5.74) is 5.94. The third kappa shape index (κ3) is 2.01. The third-order valence-corrected chi connectivity index (χ3v) is 4.02. The molecule has 4 heteroatoms. The zero-order valence-electron chi connectivity index (χ0n) is 10.0. The minimum Gasteiger partial charge on any atom is -0.468 e. The minimum atomic E-state index is 0.208. The van der Waals surface area contributed by atoms with Crippen molar-refractivity contribution < 1.29 is 9.15 Å². The highest BCUT2D eigenvalue weighted by Gasteiger charge is 2.39. The van der Waals surface area contributed by atoms with Crippen LogP contribution in [0.4, 0.5) is 0 Å². The van der Waals surface area contributed by atoms with Crippen molar-refractivity contribution in [3.05, 3.63) is 24.2 Å². The summed E-state index contributed by atoms with van der Waals surface area (Å²) in [6.45, 7) is 2.39. The normalized spacial score (nSPS) is 31.4. The van der Waals surface area contributed by atoms with Crippen LogP contribution in [0, 0.1) is 0 Å². The second kappa shape index (κ2) is 4.80. The first-order valence-corrected chi connectivity index (χ1v) is 6.51. The Bertz CT molecular complexity index is 352. The van der Waals surface area contributed by atoms with E-state index in [1.165, 1.54) is 19.3 Å². The molecule has 0 bridgehead atoms. The molecule has 2 heterocycles. The maximum atomic E-state index is 5.94. The van der Waals surface area contributed by atoms with Gasteiger partial charge in [0.15, 0.2) is 0 Å². The van der Waals surface area contributed by atoms with E-state index in [1.54, 1.807) is 6.26 Å². The molecular weight excluding hydrogens is 216 g/mol. The molecule has 2 aliphatic rings. The second-order valence-electron chi connectivity index (χ2n) is 4.91. The number of rotatable bonds is 3. The Labute approximate surface area is 102 Å². The molecule has 2 fully saturated rings. The molecule has 3 atom stereocenters. The van der Waals surface area contributed by atoms with Gasteiger partial charge in [0.2, 0.25) is 0 Å². The van der Waals surface area contributed by atoms with Crippen molar-refractivity contribution in [2.75, 3.05) is 19.7 Å². The van der Waals surface area contributed by atoms with Gasteiger partial charge < -0.3 is 14.9 Å². The van der Waals surface area contributed by atoms with Crippen LogP contribution < -0.4 is 5.73 Å². The van der Waals surface area contributed by atoms with Crippen molar-refractivity contribution in [1.29, 1.82) is 0 Å². The van der Waals surface area contributed by atoms with Crippen molar-refractivity contribution in [1.82, 2.24) is 4.90 Å². The summed E-state index contributed by atoms with van der Waals surface area (Å²) in [5, 5.41) is 0. The molecule has 2 N–H and O–H groups in total. The van der Waals surface area contributed by atoms with Crippen molar-refractivity contribution in [2.45, 2.75) is 37.5 Å². The number of nitrogens with zero attached hydrogens (tertiary/aromatic N) is 1. The van der Waals surface area contributed by atoms with Crippen molar-refractivity contribution in [3.63, 3.8) is 0 Å². The minimum absolute atomic E-state index is 0.208. The lowest BCUT2D eigenvalue weighted by molar-refractivity contribution is -0.0737. The van der Waals surface area contributed by atoms with Gasteiger partial charge in [-0.3, -0.25) is 4.90 Å². The maximum Gasteiger partial charge on any atom is 0.122 e. The summed E-state index contributed by atoms with van der Waals surface area (Å²) in [6.07, 6.45) is 5.82. The summed E-state index contributed by atoms with van der Waals surface area (Å²) in [4.78, 5) is 2.49. The van der Waals surface area contributed by atoms with E-state index < -0.39 is 0 Å². The summed E-state index contributed by atoms with van der Waals surface area (Å²) in [5.74, 6) is 0.986. The van der Waals surface area contributed by atoms with E-state index in [-0.39, 0.29) is 6.04 Å². The van der Waals surface area contributed by atoms with Gasteiger partial charge in [-0.1, -0.05) is 0 Å². The molecule has 3 rings (SSSR count). The summed E-state index contributed by atoms with van der Waals surface area (Å²) < 4.78 is 11.4. The van der Waals surface area contributed by atoms with Gasteiger partial charge in [0, 0.05) is 19.1 Å². The predicted molar refractivity (Wildman–Crippen MR) is 64.6 cm³/mol. The predicted octanol–water partition coefficient (Wildman–Crippen LogP) is 1.53. The zero-order valence-corrected chi connectivity index (χ0v) is 10.0. The molecule has 0 radical (unpaired) electrons. The number of ether oxygens (including phenoxy) is 1. The number of hydrogen-bond donors (Lipinski definition) is 1. The Balaban J connectivity index is 1.81. The van der Waals surface area contributed by atoms with Crippen LogP contribution in [-0.2, 0) is 4.74 Å². The lowest BCUT2D eigenvalue weighted by atomic mass is 10.1. The van der Waals surface area contributed by atoms with E-state index >= 15 is 0 Å². The van der Waals surface area contributed by atoms with E-state index in [0.29, 0.717) is 18.7 Å². The lowest BCUT2D eigenvalue weighted by Gasteiger charge is -2.41. The summed E-state index contributed by atoms with van der Waals surface area (Å²) >= 11 is 0. The average Bonchev–Trinajstić information content (AvgIpc) is 3.00. The molecule has 1 aromatic heterocycles. The maximum absolute atomic E-state index is 5.94. The van der Waals surface area contributed by atoms with Crippen molar-refractivity contribution in [3.8, 4) is 0 Å². The lowest BCUT2D eigenvalue weighted by Crippen LogP contribution is -2.51. The first kappa shape index (κ1) is 11.3. The standard InChI is InChI=1S/C13H20N2O2/c14-9-11(13-5-2-7-16-13)15-6-8-17-12-4-1-3-10(12)15/h2,5,7,10-12H,1,3-4,6,8-9,14H2. The Hall–Kier alpha value is -0.840. The van der Waals surface area contributed by atoms with Crippen molar-refractivity contribution >= 4 is 0 Å². The molecule has 1 aliphatic heterocycles. The van der Waals surface area contributed by atoms with Crippen molar-refractivity contribution in [2.24, 2.45) is 5.73 Å². The fraction of sp³-hybridized carbons (Fsp3) is 0.692. The van der Waals surface area contributed by atoms with E-state index in [4.69, 9.17) is 14.9 Å². The van der Waals surface area contributed by atoms with Gasteiger partial charge in [0.25, 0.3) is 0 Å². The molecular formula is C13H20N2O2. The highest BCUT2D eigenvalue weighted by Crippen LogP contribution is 2.34. The van der Waals surface area contributed by atoms with Gasteiger partial charge in [-0.25, -0.2) is 0 Å². The molecule has 1 saturated carbocycles. The smallest absolute Gasteiger partial charge is 0.122 e. The van der Waals surface area contributed by atoms with E-state index in [0.717, 1.165) is 18.9 Å². The largest absolute Gasteiger partial charge is 0.468 e. The first-order chi connectivity index (χ1) is 8.40. The number of morpholine rings is 1. The Morgan fingerprint density at radius 2 is 2.41 bits per heavy atom. The van der Waals surface area contributed by atoms with Crippen LogP contribution in [0.2, 0.25) is 0 Å². The molecule has 4 nitrogen and oxygen atoms in total. The number of furan rings is 1. The monoisotopic (exact) mass is 236 g/mol. The molecule has 94 valence electrons. The van der Waals surface area contributed by atoms with Gasteiger partial charge in [0.1, 0.15) is 5.76 Å². The SMILES string of the molecule is NCC(c1ccco1)N1CCOC2CCCC21. The molecule has 0 aromatic carbocycles. The van der Waals surface area contributed by atoms with E-state index in [2.05, 4.69) is 4.90 Å². The molecule has 1 aromatic rings. The molecule has 1 saturated heterocycles. The van der Waals surface area contributed by atoms with Gasteiger partial charge in [-0.15, -0.1) is 0 Å². The van der Waals surface area contributed by atoms with Crippen LogP contribution in [0.25, 0.3) is 0 Å². The van der Waals surface area contributed by atoms with Gasteiger partial charge >= 0.3 is 0 Å². The van der Waals surface area contributed by atoms with Gasteiger partial charge in [-0.2, -0.15) is 0 Å². The van der Waals surface area contributed by atoms with Crippen LogP contribution in [0.1, 0.15) is 31.1 Å². The van der Waals surface area contributed by atoms with Gasteiger partial charge in [-0.05, 0) is 31.4 Å². The number of fused-ring (bicyclic) bond motifs is 1. The number of hydrogen-bond acceptors (Lipinski definition) is 4. The fourth-order valence-electron chi connectivity index (χ4n) is 3.24. The van der Waals surface area contributed by atoms with Crippen LogP contribution in [0.15, 0.2) is 22.8 Å². The molecule has 0 amide bonds. The third-order valence-electron chi connectivity index (χ3n) is 4.02. The first-order valence-electron chi connectivity index (χ1n) is 6.51. The zero-order chi connectivity index (χ0) is 11.7. The van der Waals surface area contributed by atoms with E-state index in [9.17, 15) is 0 Å². The topological polar surface area (TPSA) is 51.6 Å². The molecule has 1 aliphatic carbocycles. The van der Waals surface area contributed by atoms with Crippen LogP contribution in [-0.4, -0.2) is 36.7 Å². The Morgan fingerprint density at radius 3 is 3.18 bits per heavy atom. The van der Waals surface area contributed by atoms with Crippen LogP contribution in [0.3, 0.4) is 0 Å². The number of nitrogens with two attached hydrogens (primary N) is 1. The Morgan fingerprint density at radius 1 is 1.47 bits per heavy atom. The quantitative estimate of drug-likeness (QED) is 0.864. The molecule has 3 unspecified atom stereocenters. The average molecular weight is 236 g/mol. The van der Waals surface area contributed by atoms with Crippen LogP contribution >= 0.6 is 0 Å². The highest BCUT2D eigenvalue weighted by molar-refractivity contribution is 5.07. The Kier molecular flexibility index (Phi) is 3.18. The summed E-state index contributed by atoms with van der Waals surface area (Å²) in [6, 6.07) is 4.70. The molecule has 0 spiro atoms. The van der Waals surface area contributed by atoms with E-state index in [1.807, 2.05) is 12.1 Å². The molecule has 17 heavy (non-hydrogen) atoms. The van der Waals surface area contributed by atoms with Gasteiger partial charge in [0.05, 0.1) is 25.0 Å². The van der Waals surface area contributed by atoms with Crippen LogP contribution in [0.5, 0.6) is 0 Å².